The zero-order valence-electron chi connectivity index (χ0n) is 20.7. The van der Waals surface area contributed by atoms with E-state index in [2.05, 4.69) is 19.2 Å². The van der Waals surface area contributed by atoms with Crippen LogP contribution in [0.5, 0.6) is 0 Å². The summed E-state index contributed by atoms with van der Waals surface area (Å²) in [5, 5.41) is 2.71. The lowest BCUT2D eigenvalue weighted by molar-refractivity contribution is -0.127. The molecular formula is C25H38N2O5. The molecule has 1 N–H and O–H groups in total. The first kappa shape index (κ1) is 25.7. The molecule has 0 heterocycles. The zero-order valence-corrected chi connectivity index (χ0v) is 20.7. The number of carbonyl (C=O) groups is 3. The quantitative estimate of drug-likeness (QED) is 0.686. The number of ether oxygens (including phenoxy) is 2. The van der Waals surface area contributed by atoms with Crippen LogP contribution < -0.4 is 5.32 Å². The molecular weight excluding hydrogens is 408 g/mol. The van der Waals surface area contributed by atoms with Crippen LogP contribution in [-0.4, -0.2) is 46.7 Å². The molecule has 0 bridgehead atoms. The van der Waals surface area contributed by atoms with Crippen molar-refractivity contribution >= 4 is 18.0 Å². The third-order valence-corrected chi connectivity index (χ3v) is 4.96. The molecule has 2 atom stereocenters. The average molecular weight is 447 g/mol. The first-order chi connectivity index (χ1) is 14.7. The number of ketones is 1. The van der Waals surface area contributed by atoms with E-state index in [1.165, 1.54) is 4.90 Å². The lowest BCUT2D eigenvalue weighted by Crippen LogP contribution is -2.53. The molecule has 2 amide bonds. The van der Waals surface area contributed by atoms with Gasteiger partial charge in [0.25, 0.3) is 0 Å². The molecule has 1 aromatic carbocycles. The molecule has 7 heteroatoms. The van der Waals surface area contributed by atoms with Gasteiger partial charge in [0.15, 0.2) is 5.78 Å². The second-order valence-electron chi connectivity index (χ2n) is 10.8. The highest BCUT2D eigenvalue weighted by Gasteiger charge is 2.42. The van der Waals surface area contributed by atoms with Crippen LogP contribution in [0, 0.1) is 5.92 Å². The molecule has 1 aromatic rings. The molecule has 178 valence electrons. The van der Waals surface area contributed by atoms with Gasteiger partial charge in [-0.1, -0.05) is 38.1 Å². The predicted octanol–water partition coefficient (Wildman–Crippen LogP) is 5.03. The van der Waals surface area contributed by atoms with Crippen molar-refractivity contribution in [1.82, 2.24) is 10.2 Å². The summed E-state index contributed by atoms with van der Waals surface area (Å²) in [7, 11) is 0. The number of Topliss-reactive ketones (excluding diaryl/α,β-unsaturated/α-hetero) is 1. The molecule has 1 aliphatic carbocycles. The molecule has 1 aliphatic rings. The van der Waals surface area contributed by atoms with Gasteiger partial charge < -0.3 is 14.8 Å². The van der Waals surface area contributed by atoms with Crippen LogP contribution in [0.15, 0.2) is 24.3 Å². The highest BCUT2D eigenvalue weighted by molar-refractivity contribution is 5.96. The number of rotatable bonds is 5. The number of hydrogen-bond donors (Lipinski definition) is 1. The Morgan fingerprint density at radius 3 is 2.22 bits per heavy atom. The average Bonchev–Trinajstić information content (AvgIpc) is 2.61. The number of fused-ring (bicyclic) bond motifs is 1. The van der Waals surface area contributed by atoms with E-state index < -0.39 is 35.5 Å². The number of nitrogens with one attached hydrogen (secondary N) is 1. The van der Waals surface area contributed by atoms with Crippen LogP contribution in [0.2, 0.25) is 0 Å². The van der Waals surface area contributed by atoms with Gasteiger partial charge in [0.2, 0.25) is 0 Å². The number of hydrogen-bond acceptors (Lipinski definition) is 5. The van der Waals surface area contributed by atoms with Crippen molar-refractivity contribution in [3.05, 3.63) is 35.4 Å². The smallest absolute Gasteiger partial charge is 0.411 e. The van der Waals surface area contributed by atoms with Crippen molar-refractivity contribution in [3.8, 4) is 0 Å². The van der Waals surface area contributed by atoms with Gasteiger partial charge in [-0.2, -0.15) is 0 Å². The van der Waals surface area contributed by atoms with E-state index in [1.807, 2.05) is 24.3 Å². The van der Waals surface area contributed by atoms with Crippen LogP contribution in [0.3, 0.4) is 0 Å². The second kappa shape index (κ2) is 9.92. The lowest BCUT2D eigenvalue weighted by atomic mass is 9.82. The maximum atomic E-state index is 13.6. The van der Waals surface area contributed by atoms with Gasteiger partial charge in [0.1, 0.15) is 17.2 Å². The van der Waals surface area contributed by atoms with Gasteiger partial charge in [-0.25, -0.2) is 9.59 Å². The molecule has 0 aromatic heterocycles. The summed E-state index contributed by atoms with van der Waals surface area (Å²) >= 11 is 0. The van der Waals surface area contributed by atoms with Crippen molar-refractivity contribution < 1.29 is 23.9 Å². The van der Waals surface area contributed by atoms with Crippen molar-refractivity contribution in [3.63, 3.8) is 0 Å². The lowest BCUT2D eigenvalue weighted by Gasteiger charge is -2.38. The highest BCUT2D eigenvalue weighted by Crippen LogP contribution is 2.34. The van der Waals surface area contributed by atoms with Crippen LogP contribution in [0.25, 0.3) is 0 Å². The van der Waals surface area contributed by atoms with Gasteiger partial charge in [0, 0.05) is 13.0 Å². The maximum absolute atomic E-state index is 13.6. The Labute approximate surface area is 191 Å². The molecule has 0 aliphatic heterocycles. The standard InChI is InChI=1S/C25H38N2O5/c1-16(2)13-14-27(23(30)32-25(6,7)8)20-18-12-10-9-11-17(18)15-19(21(20)28)26-22(29)31-24(3,4)5/h9-12,16,19-20H,13-15H2,1-8H3,(H,26,29). The van der Waals surface area contributed by atoms with Gasteiger partial charge in [-0.15, -0.1) is 0 Å². The van der Waals surface area contributed by atoms with Crippen molar-refractivity contribution in [2.24, 2.45) is 5.92 Å². The molecule has 7 nitrogen and oxygen atoms in total. The number of benzene rings is 1. The minimum absolute atomic E-state index is 0.246. The minimum atomic E-state index is -0.839. The van der Waals surface area contributed by atoms with Crippen LogP contribution in [0.1, 0.15) is 79.0 Å². The highest BCUT2D eigenvalue weighted by atomic mass is 16.6. The summed E-state index contributed by atoms with van der Waals surface area (Å²) in [6.07, 6.45) is -0.129. The van der Waals surface area contributed by atoms with E-state index in [1.54, 1.807) is 41.5 Å². The molecule has 0 saturated heterocycles. The minimum Gasteiger partial charge on any atom is -0.444 e. The number of carbonyl (C=O) groups excluding carboxylic acids is 3. The van der Waals surface area contributed by atoms with Crippen molar-refractivity contribution in [2.45, 2.75) is 91.5 Å². The van der Waals surface area contributed by atoms with Gasteiger partial charge in [0.05, 0.1) is 6.04 Å². The van der Waals surface area contributed by atoms with Gasteiger partial charge in [-0.3, -0.25) is 9.69 Å². The molecule has 0 fully saturated rings. The van der Waals surface area contributed by atoms with Gasteiger partial charge in [-0.05, 0) is 65.0 Å². The zero-order chi connectivity index (χ0) is 24.3. The molecule has 2 rings (SSSR count). The Balaban J connectivity index is 2.41. The number of amides is 2. The second-order valence-corrected chi connectivity index (χ2v) is 10.8. The summed E-state index contributed by atoms with van der Waals surface area (Å²) in [6.45, 7) is 15.2. The topological polar surface area (TPSA) is 84.9 Å². The van der Waals surface area contributed by atoms with E-state index in [9.17, 15) is 14.4 Å². The first-order valence-electron chi connectivity index (χ1n) is 11.3. The molecule has 32 heavy (non-hydrogen) atoms. The van der Waals surface area contributed by atoms with E-state index >= 15 is 0 Å². The fraction of sp³-hybridized carbons (Fsp3) is 0.640. The van der Waals surface area contributed by atoms with E-state index in [0.717, 1.165) is 17.5 Å². The number of nitrogens with zero attached hydrogens (tertiary/aromatic N) is 1. The largest absolute Gasteiger partial charge is 0.444 e. The summed E-state index contributed by atoms with van der Waals surface area (Å²) in [5.41, 5.74) is 0.308. The number of alkyl carbamates (subject to hydrolysis) is 1. The molecule has 0 saturated carbocycles. The Morgan fingerprint density at radius 2 is 1.66 bits per heavy atom. The summed E-state index contributed by atoms with van der Waals surface area (Å²) in [5.74, 6) is 0.0914. The molecule has 0 radical (unpaired) electrons. The Kier molecular flexibility index (Phi) is 7.97. The molecule has 2 unspecified atom stereocenters. The monoisotopic (exact) mass is 446 g/mol. The normalized spacial score (nSPS) is 18.7. The Hall–Kier alpha value is -2.57. The fourth-order valence-corrected chi connectivity index (χ4v) is 3.59. The fourth-order valence-electron chi connectivity index (χ4n) is 3.59. The van der Waals surface area contributed by atoms with Crippen molar-refractivity contribution in [1.29, 1.82) is 0 Å². The SMILES string of the molecule is CC(C)CCN(C(=O)OC(C)(C)C)C1C(=O)C(NC(=O)OC(C)(C)C)Cc2ccccc21. The van der Waals surface area contributed by atoms with Crippen LogP contribution in [0.4, 0.5) is 9.59 Å². The van der Waals surface area contributed by atoms with E-state index in [4.69, 9.17) is 9.47 Å². The van der Waals surface area contributed by atoms with E-state index in [0.29, 0.717) is 18.9 Å². The van der Waals surface area contributed by atoms with Crippen molar-refractivity contribution in [2.75, 3.05) is 6.54 Å². The van der Waals surface area contributed by atoms with Gasteiger partial charge >= 0.3 is 12.2 Å². The molecule has 0 spiro atoms. The Morgan fingerprint density at radius 1 is 1.06 bits per heavy atom. The Bertz CT molecular complexity index is 835. The van der Waals surface area contributed by atoms with E-state index in [-0.39, 0.29) is 5.78 Å². The first-order valence-corrected chi connectivity index (χ1v) is 11.3. The predicted molar refractivity (Wildman–Crippen MR) is 123 cm³/mol. The summed E-state index contributed by atoms with van der Waals surface area (Å²) < 4.78 is 11.0. The summed E-state index contributed by atoms with van der Waals surface area (Å²) in [4.78, 5) is 40.7. The third-order valence-electron chi connectivity index (χ3n) is 4.96. The third kappa shape index (κ3) is 7.24. The van der Waals surface area contributed by atoms with Crippen LogP contribution >= 0.6 is 0 Å². The summed E-state index contributed by atoms with van der Waals surface area (Å²) in [6, 6.07) is 5.91. The maximum Gasteiger partial charge on any atom is 0.411 e. The van der Waals surface area contributed by atoms with Crippen LogP contribution in [-0.2, 0) is 20.7 Å².